The highest BCUT2D eigenvalue weighted by molar-refractivity contribution is 6.27. The zero-order chi connectivity index (χ0) is 31.2. The van der Waals surface area contributed by atoms with E-state index in [1.165, 1.54) is 84.2 Å². The van der Waals surface area contributed by atoms with Crippen LogP contribution in [0, 0.1) is 29.6 Å². The third kappa shape index (κ3) is 11.5. The van der Waals surface area contributed by atoms with Crippen molar-refractivity contribution in [2.24, 2.45) is 29.6 Å². The van der Waals surface area contributed by atoms with Gasteiger partial charge in [-0.2, -0.15) is 0 Å². The van der Waals surface area contributed by atoms with Crippen molar-refractivity contribution >= 4 is 11.6 Å². The molecule has 0 aliphatic heterocycles. The van der Waals surface area contributed by atoms with Crippen molar-refractivity contribution in [3.05, 3.63) is 34.4 Å². The van der Waals surface area contributed by atoms with E-state index in [4.69, 9.17) is 9.47 Å². The van der Waals surface area contributed by atoms with Crippen LogP contribution in [0.15, 0.2) is 23.3 Å². The van der Waals surface area contributed by atoms with Gasteiger partial charge in [0.05, 0.1) is 14.2 Å². The van der Waals surface area contributed by atoms with E-state index in [1.54, 1.807) is 26.2 Å². The molecule has 238 valence electrons. The number of methoxy groups -OCH3 is 2. The lowest BCUT2D eigenvalue weighted by molar-refractivity contribution is 0.0970. The molecular weight excluding hydrogens is 520 g/mol. The minimum atomic E-state index is -0.0805. The molecule has 42 heavy (non-hydrogen) atoms. The lowest BCUT2D eigenvalue weighted by atomic mass is 9.81. The highest BCUT2D eigenvalue weighted by Crippen LogP contribution is 2.37. The molecule has 4 heteroatoms. The largest absolute Gasteiger partial charge is 0.493 e. The number of allylic oxidation sites excluding steroid dienone is 2. The standard InChI is InChI=1S/C38H62O4/c1-26(2)14-10-15-27(3)16-11-17-28(4)18-12-19-29(5)20-13-21-30(6)22-23-32-31(7)37(39)33-24-35(41-8)36(42-9)25-34(33)38(32)40/h24-30H,10-23H2,1-9H3. The van der Waals surface area contributed by atoms with Crippen molar-refractivity contribution in [3.63, 3.8) is 0 Å². The van der Waals surface area contributed by atoms with E-state index in [1.807, 2.05) is 0 Å². The molecule has 0 saturated carbocycles. The van der Waals surface area contributed by atoms with Gasteiger partial charge in [0.1, 0.15) is 0 Å². The zero-order valence-corrected chi connectivity index (χ0v) is 28.6. The fraction of sp³-hybridized carbons (Fsp3) is 0.737. The first-order valence-electron chi connectivity index (χ1n) is 17.0. The Balaban J connectivity index is 1.66. The number of carbonyl (C=O) groups excluding carboxylic acids is 2. The highest BCUT2D eigenvalue weighted by atomic mass is 16.5. The normalized spacial score (nSPS) is 16.4. The molecule has 0 bridgehead atoms. The molecule has 1 aromatic rings. The second-order valence-corrected chi connectivity index (χ2v) is 14.1. The molecule has 0 fully saturated rings. The van der Waals surface area contributed by atoms with Gasteiger partial charge in [0.2, 0.25) is 0 Å². The van der Waals surface area contributed by atoms with Gasteiger partial charge in [-0.1, -0.05) is 119 Å². The van der Waals surface area contributed by atoms with Crippen LogP contribution < -0.4 is 9.47 Å². The van der Waals surface area contributed by atoms with E-state index in [0.29, 0.717) is 46.1 Å². The topological polar surface area (TPSA) is 52.6 Å². The number of Topliss-reactive ketones (excluding diaryl/α,β-unsaturated/α-hetero) is 2. The summed E-state index contributed by atoms with van der Waals surface area (Å²) < 4.78 is 10.7. The van der Waals surface area contributed by atoms with Gasteiger partial charge in [0.15, 0.2) is 23.1 Å². The quantitative estimate of drug-likeness (QED) is 0.145. The molecule has 4 unspecified atom stereocenters. The molecule has 0 N–H and O–H groups in total. The molecule has 2 rings (SSSR count). The average Bonchev–Trinajstić information content (AvgIpc) is 2.95. The van der Waals surface area contributed by atoms with Gasteiger partial charge >= 0.3 is 0 Å². The van der Waals surface area contributed by atoms with Crippen molar-refractivity contribution in [2.45, 2.75) is 138 Å². The number of hydrogen-bond donors (Lipinski definition) is 0. The zero-order valence-electron chi connectivity index (χ0n) is 28.6. The van der Waals surface area contributed by atoms with Crippen molar-refractivity contribution < 1.29 is 19.1 Å². The predicted molar refractivity (Wildman–Crippen MR) is 177 cm³/mol. The fourth-order valence-corrected chi connectivity index (χ4v) is 6.51. The maximum atomic E-state index is 13.3. The second-order valence-electron chi connectivity index (χ2n) is 14.1. The summed E-state index contributed by atoms with van der Waals surface area (Å²) in [4.78, 5) is 26.4. The summed E-state index contributed by atoms with van der Waals surface area (Å²) in [5.74, 6) is 4.70. The van der Waals surface area contributed by atoms with E-state index in [-0.39, 0.29) is 11.6 Å². The van der Waals surface area contributed by atoms with Crippen LogP contribution in [0.5, 0.6) is 11.5 Å². The smallest absolute Gasteiger partial charge is 0.190 e. The number of fused-ring (bicyclic) bond motifs is 1. The summed E-state index contributed by atoms with van der Waals surface area (Å²) in [7, 11) is 3.08. The van der Waals surface area contributed by atoms with Crippen LogP contribution in [0.3, 0.4) is 0 Å². The number of hydrogen-bond acceptors (Lipinski definition) is 4. The summed E-state index contributed by atoms with van der Waals surface area (Å²) in [6, 6.07) is 3.29. The molecule has 0 saturated heterocycles. The van der Waals surface area contributed by atoms with Gasteiger partial charge < -0.3 is 9.47 Å². The molecule has 4 atom stereocenters. The number of carbonyl (C=O) groups is 2. The molecule has 1 aliphatic carbocycles. The van der Waals surface area contributed by atoms with Crippen LogP contribution in [0.4, 0.5) is 0 Å². The Kier molecular flexibility index (Phi) is 15.9. The van der Waals surface area contributed by atoms with Gasteiger partial charge in [0.25, 0.3) is 0 Å². The van der Waals surface area contributed by atoms with Crippen LogP contribution in [0.1, 0.15) is 159 Å². The van der Waals surface area contributed by atoms with Gasteiger partial charge in [-0.25, -0.2) is 0 Å². The third-order valence-corrected chi connectivity index (χ3v) is 9.63. The van der Waals surface area contributed by atoms with Gasteiger partial charge in [-0.15, -0.1) is 0 Å². The molecule has 0 radical (unpaired) electrons. The lowest BCUT2D eigenvalue weighted by Gasteiger charge is -2.22. The van der Waals surface area contributed by atoms with Gasteiger partial charge in [0, 0.05) is 22.3 Å². The SMILES string of the molecule is COc1cc2c(cc1OC)C(=O)C(CCC(C)CCCC(C)CCCC(C)CCCC(C)CCCC(C)C)=C(C)C2=O. The van der Waals surface area contributed by atoms with E-state index >= 15 is 0 Å². The predicted octanol–water partition coefficient (Wildman–Crippen LogP) is 11.1. The Morgan fingerprint density at radius 3 is 1.29 bits per heavy atom. The van der Waals surface area contributed by atoms with E-state index in [0.717, 1.165) is 30.1 Å². The number of ketones is 2. The van der Waals surface area contributed by atoms with Crippen LogP contribution >= 0.6 is 0 Å². The first-order chi connectivity index (χ1) is 20.0. The molecule has 0 spiro atoms. The van der Waals surface area contributed by atoms with Crippen molar-refractivity contribution in [3.8, 4) is 11.5 Å². The van der Waals surface area contributed by atoms with Crippen molar-refractivity contribution in [1.29, 1.82) is 0 Å². The first kappa shape index (κ1) is 36.1. The minimum Gasteiger partial charge on any atom is -0.493 e. The van der Waals surface area contributed by atoms with Crippen LogP contribution in [0.25, 0.3) is 0 Å². The molecule has 4 nitrogen and oxygen atoms in total. The average molecular weight is 583 g/mol. The first-order valence-corrected chi connectivity index (χ1v) is 17.0. The van der Waals surface area contributed by atoms with Crippen LogP contribution in [0.2, 0.25) is 0 Å². The maximum absolute atomic E-state index is 13.3. The van der Waals surface area contributed by atoms with Gasteiger partial charge in [-0.3, -0.25) is 9.59 Å². The summed E-state index contributed by atoms with van der Waals surface area (Å²) in [5.41, 5.74) is 2.08. The molecule has 0 heterocycles. The Morgan fingerprint density at radius 1 is 0.548 bits per heavy atom. The minimum absolute atomic E-state index is 0.0470. The maximum Gasteiger partial charge on any atom is 0.190 e. The summed E-state index contributed by atoms with van der Waals surface area (Å²) >= 11 is 0. The highest BCUT2D eigenvalue weighted by Gasteiger charge is 2.31. The van der Waals surface area contributed by atoms with Crippen LogP contribution in [-0.2, 0) is 0 Å². The van der Waals surface area contributed by atoms with E-state index in [9.17, 15) is 9.59 Å². The number of benzene rings is 1. The lowest BCUT2D eigenvalue weighted by Crippen LogP contribution is -2.21. The summed E-state index contributed by atoms with van der Waals surface area (Å²) in [6.07, 6.45) is 17.7. The Morgan fingerprint density at radius 2 is 0.905 bits per heavy atom. The molecule has 1 aliphatic rings. The Bertz CT molecular complexity index is 1020. The molecular formula is C38H62O4. The second kappa shape index (κ2) is 18.5. The molecule has 1 aromatic carbocycles. The Labute approximate surface area is 258 Å². The van der Waals surface area contributed by atoms with E-state index < -0.39 is 0 Å². The summed E-state index contributed by atoms with van der Waals surface area (Å²) in [5, 5.41) is 0. The van der Waals surface area contributed by atoms with Gasteiger partial charge in [-0.05, 0) is 61.5 Å². The van der Waals surface area contributed by atoms with Crippen molar-refractivity contribution in [2.75, 3.05) is 14.2 Å². The summed E-state index contributed by atoms with van der Waals surface area (Å²) in [6.45, 7) is 16.0. The molecule has 0 aromatic heterocycles. The van der Waals surface area contributed by atoms with Crippen LogP contribution in [-0.4, -0.2) is 25.8 Å². The molecule has 0 amide bonds. The van der Waals surface area contributed by atoms with E-state index in [2.05, 4.69) is 41.5 Å². The third-order valence-electron chi connectivity index (χ3n) is 9.63. The monoisotopic (exact) mass is 582 g/mol. The van der Waals surface area contributed by atoms with Crippen molar-refractivity contribution in [1.82, 2.24) is 0 Å². The number of ether oxygens (including phenoxy) is 2. The Hall–Kier alpha value is -2.10. The fourth-order valence-electron chi connectivity index (χ4n) is 6.51. The number of rotatable bonds is 21.